The number of hydrogen-bond acceptors (Lipinski definition) is 2. The third kappa shape index (κ3) is 5.24. The van der Waals surface area contributed by atoms with Crippen molar-refractivity contribution in [1.29, 1.82) is 0 Å². The molecule has 4 nitrogen and oxygen atoms in total. The lowest BCUT2D eigenvalue weighted by molar-refractivity contribution is 0.0281. The minimum atomic E-state index is -0.753. The minimum absolute atomic E-state index is 0.0383. The highest BCUT2D eigenvalue weighted by molar-refractivity contribution is 5.90. The Morgan fingerprint density at radius 1 is 1.13 bits per heavy atom. The van der Waals surface area contributed by atoms with Crippen molar-refractivity contribution in [3.8, 4) is 0 Å². The Kier molecular flexibility index (Phi) is 5.69. The van der Waals surface area contributed by atoms with Crippen LogP contribution in [0.3, 0.4) is 0 Å². The van der Waals surface area contributed by atoms with E-state index in [0.717, 1.165) is 36.9 Å². The molecule has 23 heavy (non-hydrogen) atoms. The number of carbonyl (C=O) groups excluding carboxylic acids is 1. The number of benzene rings is 1. The standard InChI is InChI=1S/C19H30N2O2/c1-18(2,3)15-10-6-7-11-16(15)21-17(22)20-14-19(23)12-8-4-5-9-13-19/h6-7,10-11,23H,4-5,8-9,12-14H2,1-3H3,(H2,20,21,22). The normalized spacial score (nSPS) is 18.1. The predicted octanol–water partition coefficient (Wildman–Crippen LogP) is 4.19. The monoisotopic (exact) mass is 318 g/mol. The summed E-state index contributed by atoms with van der Waals surface area (Å²) in [5.74, 6) is 0. The zero-order chi connectivity index (χ0) is 16.9. The van der Waals surface area contributed by atoms with Gasteiger partial charge in [0, 0.05) is 12.2 Å². The van der Waals surface area contributed by atoms with Crippen LogP contribution >= 0.6 is 0 Å². The van der Waals surface area contributed by atoms with E-state index in [2.05, 4.69) is 31.4 Å². The second-order valence-electron chi connectivity index (χ2n) is 7.74. The Morgan fingerprint density at radius 3 is 2.35 bits per heavy atom. The fraction of sp³-hybridized carbons (Fsp3) is 0.632. The van der Waals surface area contributed by atoms with Gasteiger partial charge in [-0.1, -0.05) is 64.7 Å². The molecule has 0 spiro atoms. The van der Waals surface area contributed by atoms with Gasteiger partial charge in [-0.15, -0.1) is 0 Å². The topological polar surface area (TPSA) is 61.4 Å². The lowest BCUT2D eigenvalue weighted by Crippen LogP contribution is -2.44. The summed E-state index contributed by atoms with van der Waals surface area (Å²) in [5, 5.41) is 16.4. The predicted molar refractivity (Wildman–Crippen MR) is 94.8 cm³/mol. The highest BCUT2D eigenvalue weighted by Gasteiger charge is 2.28. The molecule has 0 saturated heterocycles. The lowest BCUT2D eigenvalue weighted by Gasteiger charge is -2.27. The van der Waals surface area contributed by atoms with Crippen molar-refractivity contribution in [2.45, 2.75) is 70.3 Å². The van der Waals surface area contributed by atoms with Gasteiger partial charge in [-0.05, 0) is 29.9 Å². The number of urea groups is 1. The number of carbonyl (C=O) groups is 1. The molecule has 0 aromatic heterocycles. The molecule has 0 aliphatic heterocycles. The van der Waals surface area contributed by atoms with E-state index in [-0.39, 0.29) is 11.4 Å². The number of anilines is 1. The SMILES string of the molecule is CC(C)(C)c1ccccc1NC(=O)NCC1(O)CCCCCC1. The third-order valence-electron chi connectivity index (χ3n) is 4.60. The van der Waals surface area contributed by atoms with Crippen molar-refractivity contribution in [3.05, 3.63) is 29.8 Å². The van der Waals surface area contributed by atoms with Crippen molar-refractivity contribution in [1.82, 2.24) is 5.32 Å². The van der Waals surface area contributed by atoms with Crippen molar-refractivity contribution in [2.24, 2.45) is 0 Å². The number of aliphatic hydroxyl groups is 1. The molecule has 1 aliphatic carbocycles. The quantitative estimate of drug-likeness (QED) is 0.732. The van der Waals surface area contributed by atoms with Crippen molar-refractivity contribution in [2.75, 3.05) is 11.9 Å². The van der Waals surface area contributed by atoms with Gasteiger partial charge in [0.25, 0.3) is 0 Å². The smallest absolute Gasteiger partial charge is 0.319 e. The van der Waals surface area contributed by atoms with Crippen LogP contribution in [-0.4, -0.2) is 23.3 Å². The second kappa shape index (κ2) is 7.35. The Balaban J connectivity index is 1.95. The van der Waals surface area contributed by atoms with Crippen molar-refractivity contribution in [3.63, 3.8) is 0 Å². The van der Waals surface area contributed by atoms with Gasteiger partial charge in [-0.25, -0.2) is 4.79 Å². The van der Waals surface area contributed by atoms with Gasteiger partial charge in [0.15, 0.2) is 0 Å². The minimum Gasteiger partial charge on any atom is -0.388 e. The highest BCUT2D eigenvalue weighted by Crippen LogP contribution is 2.29. The first-order valence-electron chi connectivity index (χ1n) is 8.67. The van der Waals surface area contributed by atoms with Crippen LogP contribution in [0.15, 0.2) is 24.3 Å². The molecule has 1 aromatic carbocycles. The molecule has 1 aliphatic rings. The van der Waals surface area contributed by atoms with Crippen molar-refractivity contribution >= 4 is 11.7 Å². The number of para-hydroxylation sites is 1. The Hall–Kier alpha value is -1.55. The van der Waals surface area contributed by atoms with E-state index in [1.807, 2.05) is 24.3 Å². The summed E-state index contributed by atoms with van der Waals surface area (Å²) in [7, 11) is 0. The van der Waals surface area contributed by atoms with Crippen LogP contribution in [0.1, 0.15) is 64.9 Å². The zero-order valence-electron chi connectivity index (χ0n) is 14.6. The molecule has 2 rings (SSSR count). The fourth-order valence-corrected chi connectivity index (χ4v) is 3.22. The average molecular weight is 318 g/mol. The zero-order valence-corrected chi connectivity index (χ0v) is 14.6. The maximum absolute atomic E-state index is 12.2. The van der Waals surface area contributed by atoms with E-state index in [9.17, 15) is 9.90 Å². The Morgan fingerprint density at radius 2 is 1.74 bits per heavy atom. The third-order valence-corrected chi connectivity index (χ3v) is 4.60. The summed E-state index contributed by atoms with van der Waals surface area (Å²) in [4.78, 5) is 12.2. The maximum Gasteiger partial charge on any atom is 0.319 e. The largest absolute Gasteiger partial charge is 0.388 e. The molecule has 0 radical (unpaired) electrons. The summed E-state index contributed by atoms with van der Waals surface area (Å²) in [5.41, 5.74) is 1.13. The maximum atomic E-state index is 12.2. The number of rotatable bonds is 3. The van der Waals surface area contributed by atoms with Gasteiger partial charge in [-0.3, -0.25) is 0 Å². The summed E-state index contributed by atoms with van der Waals surface area (Å²) in [6.07, 6.45) is 5.96. The number of amides is 2. The first-order valence-corrected chi connectivity index (χ1v) is 8.67. The molecule has 1 fully saturated rings. The van der Waals surface area contributed by atoms with E-state index >= 15 is 0 Å². The van der Waals surface area contributed by atoms with Gasteiger partial charge in [-0.2, -0.15) is 0 Å². The first-order chi connectivity index (χ1) is 10.8. The molecular formula is C19H30N2O2. The second-order valence-corrected chi connectivity index (χ2v) is 7.74. The molecule has 128 valence electrons. The molecule has 1 aromatic rings. The molecule has 3 N–H and O–H groups in total. The van der Waals surface area contributed by atoms with Crippen LogP contribution in [0.2, 0.25) is 0 Å². The van der Waals surface area contributed by atoms with Crippen LogP contribution in [0, 0.1) is 0 Å². The van der Waals surface area contributed by atoms with Crippen LogP contribution < -0.4 is 10.6 Å². The Bertz CT molecular complexity index is 526. The van der Waals surface area contributed by atoms with E-state index in [1.165, 1.54) is 12.8 Å². The number of nitrogens with one attached hydrogen (secondary N) is 2. The van der Waals surface area contributed by atoms with Gasteiger partial charge in [0.05, 0.1) is 5.60 Å². The average Bonchev–Trinajstić information content (AvgIpc) is 2.70. The molecule has 0 atom stereocenters. The summed E-state index contributed by atoms with van der Waals surface area (Å²) in [6.45, 7) is 6.69. The van der Waals surface area contributed by atoms with Gasteiger partial charge < -0.3 is 15.7 Å². The molecule has 0 bridgehead atoms. The Labute approximate surface area is 139 Å². The lowest BCUT2D eigenvalue weighted by atomic mass is 9.86. The molecular weight excluding hydrogens is 288 g/mol. The van der Waals surface area contributed by atoms with E-state index in [4.69, 9.17) is 0 Å². The molecule has 4 heteroatoms. The fourth-order valence-electron chi connectivity index (χ4n) is 3.22. The van der Waals surface area contributed by atoms with Gasteiger partial charge in [0.1, 0.15) is 0 Å². The van der Waals surface area contributed by atoms with Crippen molar-refractivity contribution < 1.29 is 9.90 Å². The van der Waals surface area contributed by atoms with Gasteiger partial charge in [0.2, 0.25) is 0 Å². The van der Waals surface area contributed by atoms with Crippen LogP contribution in [-0.2, 0) is 5.41 Å². The molecule has 2 amide bonds. The van der Waals surface area contributed by atoms with E-state index in [1.54, 1.807) is 0 Å². The van der Waals surface area contributed by atoms with E-state index in [0.29, 0.717) is 6.54 Å². The van der Waals surface area contributed by atoms with Gasteiger partial charge >= 0.3 is 6.03 Å². The first kappa shape index (κ1) is 17.8. The highest BCUT2D eigenvalue weighted by atomic mass is 16.3. The summed E-state index contributed by atoms with van der Waals surface area (Å²) < 4.78 is 0. The summed E-state index contributed by atoms with van der Waals surface area (Å²) >= 11 is 0. The van der Waals surface area contributed by atoms with Crippen LogP contribution in [0.5, 0.6) is 0 Å². The molecule has 0 unspecified atom stereocenters. The van der Waals surface area contributed by atoms with Crippen LogP contribution in [0.25, 0.3) is 0 Å². The van der Waals surface area contributed by atoms with E-state index < -0.39 is 5.60 Å². The van der Waals surface area contributed by atoms with Crippen LogP contribution in [0.4, 0.5) is 10.5 Å². The summed E-state index contributed by atoms with van der Waals surface area (Å²) in [6, 6.07) is 7.61. The molecule has 0 heterocycles. The molecule has 1 saturated carbocycles. The number of hydrogen-bond donors (Lipinski definition) is 3.